The summed E-state index contributed by atoms with van der Waals surface area (Å²) in [7, 11) is 0. The highest BCUT2D eigenvalue weighted by Gasteiger charge is 2.14. The molecule has 0 fully saturated rings. The highest BCUT2D eigenvalue weighted by Crippen LogP contribution is 2.25. The van der Waals surface area contributed by atoms with E-state index in [-0.39, 0.29) is 0 Å². The molecule has 0 atom stereocenters. The molecule has 0 N–H and O–H groups in total. The largest absolute Gasteiger partial charge is 0.487 e. The van der Waals surface area contributed by atoms with Gasteiger partial charge in [0.15, 0.2) is 5.05 Å². The summed E-state index contributed by atoms with van der Waals surface area (Å²) in [5, 5.41) is 1.75. The number of fused-ring (bicyclic) bond motifs is 3. The molecule has 26 heavy (non-hydrogen) atoms. The predicted molar refractivity (Wildman–Crippen MR) is 108 cm³/mol. The number of thiocarbonyl (C=S) groups is 1. The van der Waals surface area contributed by atoms with Crippen LogP contribution in [0, 0.1) is 0 Å². The molecule has 138 valence electrons. The Balaban J connectivity index is 1.82. The molecule has 0 aliphatic rings. The second-order valence-corrected chi connectivity index (χ2v) is 6.80. The van der Waals surface area contributed by atoms with E-state index in [1.54, 1.807) is 0 Å². The van der Waals surface area contributed by atoms with E-state index in [9.17, 15) is 0 Å². The molecular weight excluding hydrogens is 346 g/mol. The van der Waals surface area contributed by atoms with Crippen LogP contribution in [0.2, 0.25) is 0 Å². The van der Waals surface area contributed by atoms with Gasteiger partial charge in [0.2, 0.25) is 0 Å². The maximum atomic E-state index is 5.63. The molecule has 0 amide bonds. The van der Waals surface area contributed by atoms with Crippen LogP contribution in [0.15, 0.2) is 30.5 Å². The zero-order valence-electron chi connectivity index (χ0n) is 15.4. The smallest absolute Gasteiger partial charge is 0.156 e. The number of ether oxygens (including phenoxy) is 2. The summed E-state index contributed by atoms with van der Waals surface area (Å²) in [6.45, 7) is 6.61. The van der Waals surface area contributed by atoms with Gasteiger partial charge in [0.1, 0.15) is 17.9 Å². The van der Waals surface area contributed by atoms with Crippen LogP contribution in [-0.2, 0) is 22.6 Å². The Morgan fingerprint density at radius 1 is 1.15 bits per heavy atom. The Morgan fingerprint density at radius 2 is 2.00 bits per heavy atom. The molecule has 1 aromatic carbocycles. The van der Waals surface area contributed by atoms with Crippen molar-refractivity contribution < 1.29 is 9.47 Å². The standard InChI is InChI=1S/C20H25N3O2S/c1-3-24-14-19-22-18-13-21-17-10-6-5-9-16(17)20(18)23(19)11-7-4-8-12-25-15(2)26/h5-6,9-10,13H,3-4,7-8,11-12,14H2,1-2H3. The number of imidazole rings is 1. The number of aromatic nitrogens is 3. The molecule has 0 bridgehead atoms. The van der Waals surface area contributed by atoms with Crippen LogP contribution in [0.1, 0.15) is 38.9 Å². The number of pyridine rings is 1. The Hall–Kier alpha value is -2.05. The van der Waals surface area contributed by atoms with Gasteiger partial charge in [0.05, 0.1) is 23.8 Å². The van der Waals surface area contributed by atoms with Crippen LogP contribution in [-0.4, -0.2) is 32.8 Å². The zero-order chi connectivity index (χ0) is 18.4. The Kier molecular flexibility index (Phi) is 6.52. The van der Waals surface area contributed by atoms with E-state index in [1.807, 2.05) is 38.2 Å². The summed E-state index contributed by atoms with van der Waals surface area (Å²) in [6.07, 6.45) is 5.00. The number of para-hydroxylation sites is 1. The van der Waals surface area contributed by atoms with Crippen molar-refractivity contribution in [1.29, 1.82) is 0 Å². The van der Waals surface area contributed by atoms with Crippen LogP contribution in [0.4, 0.5) is 0 Å². The SMILES string of the molecule is CCOCc1nc2cnc3ccccc3c2n1CCCCCOC(C)=S. The van der Waals surface area contributed by atoms with E-state index in [0.717, 1.165) is 53.6 Å². The molecule has 0 aliphatic heterocycles. The van der Waals surface area contributed by atoms with Crippen LogP contribution < -0.4 is 0 Å². The molecule has 0 radical (unpaired) electrons. The van der Waals surface area contributed by atoms with Crippen LogP contribution in [0.3, 0.4) is 0 Å². The van der Waals surface area contributed by atoms with Crippen LogP contribution in [0.5, 0.6) is 0 Å². The van der Waals surface area contributed by atoms with Crippen molar-refractivity contribution >= 4 is 39.2 Å². The predicted octanol–water partition coefficient (Wildman–Crippen LogP) is 4.66. The molecule has 2 aromatic heterocycles. The molecule has 0 spiro atoms. The fraction of sp³-hybridized carbons (Fsp3) is 0.450. The van der Waals surface area contributed by atoms with E-state index in [4.69, 9.17) is 26.7 Å². The van der Waals surface area contributed by atoms with Crippen molar-refractivity contribution in [2.24, 2.45) is 0 Å². The molecule has 3 aromatic rings. The van der Waals surface area contributed by atoms with Gasteiger partial charge in [-0.15, -0.1) is 0 Å². The van der Waals surface area contributed by atoms with Gasteiger partial charge < -0.3 is 14.0 Å². The van der Waals surface area contributed by atoms with E-state index >= 15 is 0 Å². The number of nitrogens with zero attached hydrogens (tertiary/aromatic N) is 3. The average molecular weight is 372 g/mol. The minimum Gasteiger partial charge on any atom is -0.487 e. The molecule has 6 heteroatoms. The van der Waals surface area contributed by atoms with Crippen molar-refractivity contribution in [3.05, 3.63) is 36.3 Å². The lowest BCUT2D eigenvalue weighted by atomic mass is 10.2. The lowest BCUT2D eigenvalue weighted by Gasteiger charge is -2.11. The van der Waals surface area contributed by atoms with E-state index < -0.39 is 0 Å². The van der Waals surface area contributed by atoms with Crippen molar-refractivity contribution in [1.82, 2.24) is 14.5 Å². The first kappa shape index (κ1) is 18.7. The summed E-state index contributed by atoms with van der Waals surface area (Å²) in [6, 6.07) is 8.22. The third-order valence-corrected chi connectivity index (χ3v) is 4.44. The van der Waals surface area contributed by atoms with Crippen molar-refractivity contribution in [2.75, 3.05) is 13.2 Å². The zero-order valence-corrected chi connectivity index (χ0v) is 16.2. The molecule has 0 unspecified atom stereocenters. The summed E-state index contributed by atoms with van der Waals surface area (Å²) in [5.74, 6) is 0.964. The minimum absolute atomic E-state index is 0.521. The maximum absolute atomic E-state index is 5.63. The van der Waals surface area contributed by atoms with Crippen LogP contribution in [0.25, 0.3) is 21.9 Å². The first-order valence-corrected chi connectivity index (χ1v) is 9.55. The Morgan fingerprint density at radius 3 is 2.81 bits per heavy atom. The molecule has 5 nitrogen and oxygen atoms in total. The van der Waals surface area contributed by atoms with Crippen LogP contribution >= 0.6 is 12.2 Å². The highest BCUT2D eigenvalue weighted by atomic mass is 32.1. The third-order valence-electron chi connectivity index (χ3n) is 4.33. The number of benzene rings is 1. The first-order valence-electron chi connectivity index (χ1n) is 9.14. The quantitative estimate of drug-likeness (QED) is 0.405. The van der Waals surface area contributed by atoms with E-state index in [0.29, 0.717) is 24.9 Å². The minimum atomic E-state index is 0.521. The lowest BCUT2D eigenvalue weighted by Crippen LogP contribution is -2.07. The summed E-state index contributed by atoms with van der Waals surface area (Å²) in [5.41, 5.74) is 3.07. The Bertz CT molecular complexity index is 891. The molecule has 0 saturated heterocycles. The van der Waals surface area contributed by atoms with Gasteiger partial charge in [-0.25, -0.2) is 4.98 Å². The summed E-state index contributed by atoms with van der Waals surface area (Å²) < 4.78 is 13.3. The maximum Gasteiger partial charge on any atom is 0.156 e. The third kappa shape index (κ3) is 4.37. The Labute approximate surface area is 159 Å². The monoisotopic (exact) mass is 371 g/mol. The van der Waals surface area contributed by atoms with Gasteiger partial charge in [-0.05, 0) is 44.5 Å². The number of unbranched alkanes of at least 4 members (excludes halogenated alkanes) is 2. The normalized spacial score (nSPS) is 11.3. The van der Waals surface area contributed by atoms with Crippen molar-refractivity contribution in [3.63, 3.8) is 0 Å². The van der Waals surface area contributed by atoms with E-state index in [2.05, 4.69) is 15.6 Å². The molecular formula is C20H25N3O2S. The first-order chi connectivity index (χ1) is 12.7. The number of hydrogen-bond acceptors (Lipinski definition) is 5. The van der Waals surface area contributed by atoms with Gasteiger partial charge in [-0.1, -0.05) is 18.2 Å². The van der Waals surface area contributed by atoms with Gasteiger partial charge >= 0.3 is 0 Å². The van der Waals surface area contributed by atoms with Gasteiger partial charge in [0.25, 0.3) is 0 Å². The van der Waals surface area contributed by atoms with Crippen molar-refractivity contribution in [2.45, 2.75) is 46.3 Å². The molecule has 0 saturated carbocycles. The van der Waals surface area contributed by atoms with Gasteiger partial charge in [0, 0.05) is 25.5 Å². The summed E-state index contributed by atoms with van der Waals surface area (Å²) >= 11 is 4.94. The second-order valence-electron chi connectivity index (χ2n) is 6.23. The number of aryl methyl sites for hydroxylation is 1. The highest BCUT2D eigenvalue weighted by molar-refractivity contribution is 7.80. The van der Waals surface area contributed by atoms with Gasteiger partial charge in [-0.2, -0.15) is 0 Å². The fourth-order valence-corrected chi connectivity index (χ4v) is 3.20. The topological polar surface area (TPSA) is 49.2 Å². The number of hydrogen-bond donors (Lipinski definition) is 0. The lowest BCUT2D eigenvalue weighted by molar-refractivity contribution is 0.126. The number of rotatable bonds is 9. The second kappa shape index (κ2) is 9.05. The molecule has 0 aliphatic carbocycles. The van der Waals surface area contributed by atoms with E-state index in [1.165, 1.54) is 0 Å². The molecule has 2 heterocycles. The summed E-state index contributed by atoms with van der Waals surface area (Å²) in [4.78, 5) is 9.31. The van der Waals surface area contributed by atoms with Crippen molar-refractivity contribution in [3.8, 4) is 0 Å². The fourth-order valence-electron chi connectivity index (χ4n) is 3.12. The van der Waals surface area contributed by atoms with Gasteiger partial charge in [-0.3, -0.25) is 4.98 Å². The average Bonchev–Trinajstić information content (AvgIpc) is 3.00. The molecule has 3 rings (SSSR count).